The predicted octanol–water partition coefficient (Wildman–Crippen LogP) is 5.62. The molecule has 0 N–H and O–H groups in total. The molecule has 0 bridgehead atoms. The largest absolute Gasteiger partial charge is 0.611 e. The van der Waals surface area contributed by atoms with Gasteiger partial charge in [-0.05, 0) is 12.1 Å². The van der Waals surface area contributed by atoms with E-state index in [0.29, 0.717) is 0 Å². The molecular formula is C19H4F10O4. The lowest BCUT2D eigenvalue weighted by molar-refractivity contribution is -0.352. The van der Waals surface area contributed by atoms with Crippen LogP contribution in [0, 0.1) is 58.2 Å². The summed E-state index contributed by atoms with van der Waals surface area (Å²) in [5, 5.41) is 0. The van der Waals surface area contributed by atoms with E-state index in [-0.39, 0.29) is 0 Å². The molecule has 0 aliphatic carbocycles. The van der Waals surface area contributed by atoms with Crippen LogP contribution in [0.25, 0.3) is 0 Å². The molecule has 3 aromatic rings. The number of halogens is 10. The summed E-state index contributed by atoms with van der Waals surface area (Å²) in [5.41, 5.74) is 0. The Morgan fingerprint density at radius 1 is 0.455 bits per heavy atom. The first-order chi connectivity index (χ1) is 15.5. The molecule has 4 nitrogen and oxygen atoms in total. The molecule has 0 saturated heterocycles. The van der Waals surface area contributed by atoms with Crippen LogP contribution in [0.2, 0.25) is 0 Å². The molecule has 0 atom stereocenters. The standard InChI is InChI=1S/C19H4F10O4/c20-7-9(22)13(26)17(14(27)10(7)23)32-19(30-5-3-1-2-4-6(5)31-19)33-18-15(28)11(24)8(21)12(25)16(18)29/h1-4H. The Labute approximate surface area is 175 Å². The maximum atomic E-state index is 14.1. The Hall–Kier alpha value is -3.84. The number of hydrogen-bond acceptors (Lipinski definition) is 4. The summed E-state index contributed by atoms with van der Waals surface area (Å²) in [5.74, 6) is -30.6. The molecule has 1 heterocycles. The molecule has 3 aromatic carbocycles. The highest BCUT2D eigenvalue weighted by molar-refractivity contribution is 5.43. The van der Waals surface area contributed by atoms with Gasteiger partial charge in [0, 0.05) is 0 Å². The maximum Gasteiger partial charge on any atom is 0.611 e. The van der Waals surface area contributed by atoms with Crippen LogP contribution in [-0.4, -0.2) is 6.16 Å². The fraction of sp³-hybridized carbons (Fsp3) is 0.0526. The van der Waals surface area contributed by atoms with E-state index in [2.05, 4.69) is 9.47 Å². The van der Waals surface area contributed by atoms with Gasteiger partial charge in [0.15, 0.2) is 11.5 Å². The van der Waals surface area contributed by atoms with E-state index >= 15 is 0 Å². The van der Waals surface area contributed by atoms with Crippen molar-refractivity contribution in [3.8, 4) is 23.0 Å². The van der Waals surface area contributed by atoms with Crippen molar-refractivity contribution < 1.29 is 62.9 Å². The first-order valence-corrected chi connectivity index (χ1v) is 8.35. The van der Waals surface area contributed by atoms with Crippen LogP contribution >= 0.6 is 0 Å². The van der Waals surface area contributed by atoms with Gasteiger partial charge in [-0.15, -0.1) is 0 Å². The summed E-state index contributed by atoms with van der Waals surface area (Å²) < 4.78 is 156. The van der Waals surface area contributed by atoms with Gasteiger partial charge in [-0.2, -0.15) is 17.6 Å². The molecule has 33 heavy (non-hydrogen) atoms. The summed E-state index contributed by atoms with van der Waals surface area (Å²) >= 11 is 0. The molecule has 0 fully saturated rings. The van der Waals surface area contributed by atoms with Crippen molar-refractivity contribution in [3.05, 3.63) is 82.4 Å². The molecule has 0 radical (unpaired) electrons. The summed E-state index contributed by atoms with van der Waals surface area (Å²) in [6, 6.07) is 4.69. The normalized spacial score (nSPS) is 13.9. The van der Waals surface area contributed by atoms with Gasteiger partial charge in [0.25, 0.3) is 0 Å². The van der Waals surface area contributed by atoms with Gasteiger partial charge >= 0.3 is 6.16 Å². The number of hydrogen-bond donors (Lipinski definition) is 0. The SMILES string of the molecule is Fc1c(F)c(F)c(OC2(Oc3c(F)c(F)c(F)c(F)c3F)Oc3ccccc3O2)c(F)c1F. The number of fused-ring (bicyclic) bond motifs is 1. The fourth-order valence-corrected chi connectivity index (χ4v) is 2.61. The van der Waals surface area contributed by atoms with Gasteiger partial charge in [0.05, 0.1) is 0 Å². The van der Waals surface area contributed by atoms with Crippen LogP contribution in [-0.2, 0) is 0 Å². The fourth-order valence-electron chi connectivity index (χ4n) is 2.61. The van der Waals surface area contributed by atoms with Crippen molar-refractivity contribution in [2.24, 2.45) is 0 Å². The molecule has 0 aromatic heterocycles. The molecule has 174 valence electrons. The number of ether oxygens (including phenoxy) is 4. The number of rotatable bonds is 4. The van der Waals surface area contributed by atoms with E-state index in [1.54, 1.807) is 0 Å². The highest BCUT2D eigenvalue weighted by Crippen LogP contribution is 2.44. The van der Waals surface area contributed by atoms with Crippen molar-refractivity contribution in [2.45, 2.75) is 6.16 Å². The van der Waals surface area contributed by atoms with Crippen LogP contribution in [0.1, 0.15) is 0 Å². The van der Waals surface area contributed by atoms with E-state index in [1.165, 1.54) is 12.1 Å². The molecule has 0 spiro atoms. The predicted molar refractivity (Wildman–Crippen MR) is 84.1 cm³/mol. The lowest BCUT2D eigenvalue weighted by Gasteiger charge is -2.27. The van der Waals surface area contributed by atoms with Crippen molar-refractivity contribution in [2.75, 3.05) is 0 Å². The first kappa shape index (κ1) is 22.4. The Bertz CT molecular complexity index is 1140. The lowest BCUT2D eigenvalue weighted by atomic mass is 10.2. The molecule has 0 amide bonds. The Morgan fingerprint density at radius 2 is 0.727 bits per heavy atom. The highest BCUT2D eigenvalue weighted by Gasteiger charge is 2.52. The Kier molecular flexibility index (Phi) is 5.17. The van der Waals surface area contributed by atoms with Gasteiger partial charge in [0.2, 0.25) is 69.7 Å². The second-order valence-corrected chi connectivity index (χ2v) is 6.15. The van der Waals surface area contributed by atoms with Crippen molar-refractivity contribution in [3.63, 3.8) is 0 Å². The first-order valence-electron chi connectivity index (χ1n) is 8.35. The van der Waals surface area contributed by atoms with Crippen LogP contribution in [0.15, 0.2) is 24.3 Å². The summed E-state index contributed by atoms with van der Waals surface area (Å²) in [4.78, 5) is 0. The second kappa shape index (κ2) is 7.64. The van der Waals surface area contributed by atoms with Gasteiger partial charge in [-0.1, -0.05) is 12.1 Å². The minimum absolute atomic E-state index is 0.426. The van der Waals surface area contributed by atoms with Crippen LogP contribution < -0.4 is 18.9 Å². The topological polar surface area (TPSA) is 36.9 Å². The van der Waals surface area contributed by atoms with E-state index in [0.717, 1.165) is 12.1 Å². The molecule has 0 unspecified atom stereocenters. The average Bonchev–Trinajstić information content (AvgIpc) is 3.17. The minimum atomic E-state index is -3.64. The quantitative estimate of drug-likeness (QED) is 0.208. The smallest absolute Gasteiger partial charge is 0.382 e. The lowest BCUT2D eigenvalue weighted by Crippen LogP contribution is -2.51. The second-order valence-electron chi connectivity index (χ2n) is 6.15. The Morgan fingerprint density at radius 3 is 1.03 bits per heavy atom. The van der Waals surface area contributed by atoms with E-state index in [9.17, 15) is 43.9 Å². The van der Waals surface area contributed by atoms with Crippen molar-refractivity contribution >= 4 is 0 Å². The summed E-state index contributed by atoms with van der Waals surface area (Å²) in [7, 11) is 0. The van der Waals surface area contributed by atoms with Gasteiger partial charge < -0.3 is 18.9 Å². The molecule has 4 rings (SSSR count). The van der Waals surface area contributed by atoms with E-state index < -0.39 is 87.3 Å². The number of benzene rings is 3. The molecule has 1 aliphatic heterocycles. The third-order valence-corrected chi connectivity index (χ3v) is 4.11. The van der Waals surface area contributed by atoms with Gasteiger partial charge in [-0.3, -0.25) is 0 Å². The zero-order chi connectivity index (χ0) is 24.2. The average molecular weight is 486 g/mol. The Balaban J connectivity index is 1.88. The van der Waals surface area contributed by atoms with Crippen LogP contribution in [0.4, 0.5) is 43.9 Å². The summed E-state index contributed by atoms with van der Waals surface area (Å²) in [6.07, 6.45) is -3.64. The van der Waals surface area contributed by atoms with Crippen molar-refractivity contribution in [1.82, 2.24) is 0 Å². The molecule has 0 saturated carbocycles. The van der Waals surface area contributed by atoms with Crippen LogP contribution in [0.3, 0.4) is 0 Å². The maximum absolute atomic E-state index is 14.1. The third-order valence-electron chi connectivity index (χ3n) is 4.11. The number of para-hydroxylation sites is 2. The monoisotopic (exact) mass is 486 g/mol. The highest BCUT2D eigenvalue weighted by atomic mass is 19.2. The zero-order valence-electron chi connectivity index (χ0n) is 15.2. The molecular weight excluding hydrogens is 482 g/mol. The van der Waals surface area contributed by atoms with Gasteiger partial charge in [-0.25, -0.2) is 26.3 Å². The van der Waals surface area contributed by atoms with E-state index in [1.807, 2.05) is 0 Å². The zero-order valence-corrected chi connectivity index (χ0v) is 15.2. The molecule has 1 aliphatic rings. The minimum Gasteiger partial charge on any atom is -0.382 e. The van der Waals surface area contributed by atoms with Gasteiger partial charge in [0.1, 0.15) is 0 Å². The van der Waals surface area contributed by atoms with E-state index in [4.69, 9.17) is 9.47 Å². The van der Waals surface area contributed by atoms with Crippen LogP contribution in [0.5, 0.6) is 23.0 Å². The molecule has 14 heteroatoms. The van der Waals surface area contributed by atoms with Crippen molar-refractivity contribution in [1.29, 1.82) is 0 Å². The third kappa shape index (κ3) is 3.41. The summed E-state index contributed by atoms with van der Waals surface area (Å²) in [6.45, 7) is 0.